The third-order valence-electron chi connectivity index (χ3n) is 6.82. The molecule has 5 aromatic rings. The van der Waals surface area contributed by atoms with Crippen LogP contribution in [0.3, 0.4) is 0 Å². The van der Waals surface area contributed by atoms with Crippen LogP contribution >= 0.6 is 46.3 Å². The van der Waals surface area contributed by atoms with E-state index in [-0.39, 0.29) is 11.7 Å². The van der Waals surface area contributed by atoms with Gasteiger partial charge in [0.2, 0.25) is 5.78 Å². The minimum atomic E-state index is -0.113. The van der Waals surface area contributed by atoms with E-state index >= 15 is 0 Å². The SMILES string of the molecule is COc1ccc(-n2c(=O)c3c4c(sc3n3c(SCc5c(Cl)cccc5Cl)nnc23)CO[C@@H](C(C)C)C4)cc1. The molecule has 0 radical (unpaired) electrons. The second-order valence-electron chi connectivity index (χ2n) is 9.43. The van der Waals surface area contributed by atoms with Gasteiger partial charge in [0, 0.05) is 27.1 Å². The number of benzene rings is 2. The van der Waals surface area contributed by atoms with Crippen LogP contribution in [0.2, 0.25) is 10.0 Å². The van der Waals surface area contributed by atoms with Gasteiger partial charge in [0.15, 0.2) is 5.16 Å². The van der Waals surface area contributed by atoms with Crippen LogP contribution in [0.1, 0.15) is 29.9 Å². The van der Waals surface area contributed by atoms with Crippen molar-refractivity contribution in [1.82, 2.24) is 19.2 Å². The van der Waals surface area contributed by atoms with E-state index in [0.29, 0.717) is 62.5 Å². The molecular formula is C27H24Cl2N4O3S2. The third kappa shape index (κ3) is 4.30. The van der Waals surface area contributed by atoms with Gasteiger partial charge in [-0.2, -0.15) is 0 Å². The third-order valence-corrected chi connectivity index (χ3v) is 9.68. The van der Waals surface area contributed by atoms with E-state index in [2.05, 4.69) is 24.0 Å². The molecule has 0 fully saturated rings. The van der Waals surface area contributed by atoms with E-state index in [9.17, 15) is 4.79 Å². The molecule has 0 unspecified atom stereocenters. The molecule has 0 spiro atoms. The van der Waals surface area contributed by atoms with Gasteiger partial charge in [-0.05, 0) is 53.4 Å². The van der Waals surface area contributed by atoms with Crippen LogP contribution in [0.4, 0.5) is 0 Å². The number of methoxy groups -OCH3 is 1. The highest BCUT2D eigenvalue weighted by Crippen LogP contribution is 2.38. The number of thioether (sulfide) groups is 1. The van der Waals surface area contributed by atoms with Crippen molar-refractivity contribution in [3.63, 3.8) is 0 Å². The Hall–Kier alpha value is -2.56. The molecule has 0 aliphatic carbocycles. The number of fused-ring (bicyclic) bond motifs is 5. The first-order valence-corrected chi connectivity index (χ1v) is 14.7. The van der Waals surface area contributed by atoms with Crippen LogP contribution in [-0.2, 0) is 23.5 Å². The molecule has 1 atom stereocenters. The number of halogens is 2. The van der Waals surface area contributed by atoms with E-state index in [4.69, 9.17) is 32.7 Å². The van der Waals surface area contributed by atoms with Gasteiger partial charge in [-0.3, -0.25) is 4.79 Å². The van der Waals surface area contributed by atoms with Crippen molar-refractivity contribution in [2.75, 3.05) is 7.11 Å². The summed E-state index contributed by atoms with van der Waals surface area (Å²) in [5.74, 6) is 2.00. The predicted molar refractivity (Wildman–Crippen MR) is 154 cm³/mol. The number of hydrogen-bond acceptors (Lipinski definition) is 7. The van der Waals surface area contributed by atoms with Crippen molar-refractivity contribution in [3.8, 4) is 11.4 Å². The van der Waals surface area contributed by atoms with Gasteiger partial charge in [0.25, 0.3) is 5.56 Å². The van der Waals surface area contributed by atoms with E-state index in [1.54, 1.807) is 23.0 Å². The van der Waals surface area contributed by atoms with E-state index in [1.807, 2.05) is 46.9 Å². The van der Waals surface area contributed by atoms with Crippen molar-refractivity contribution in [3.05, 3.63) is 78.9 Å². The van der Waals surface area contributed by atoms with Crippen LogP contribution in [0.15, 0.2) is 52.4 Å². The van der Waals surface area contributed by atoms with Crippen molar-refractivity contribution in [2.45, 2.75) is 43.9 Å². The topological polar surface area (TPSA) is 70.7 Å². The van der Waals surface area contributed by atoms with Gasteiger partial charge < -0.3 is 9.47 Å². The molecule has 7 nitrogen and oxygen atoms in total. The second kappa shape index (κ2) is 10.2. The number of rotatable bonds is 6. The average Bonchev–Trinajstić information content (AvgIpc) is 3.50. The Morgan fingerprint density at radius 2 is 1.89 bits per heavy atom. The fraction of sp³-hybridized carbons (Fsp3) is 0.296. The summed E-state index contributed by atoms with van der Waals surface area (Å²) in [6.45, 7) is 4.78. The largest absolute Gasteiger partial charge is 0.497 e. The summed E-state index contributed by atoms with van der Waals surface area (Å²) in [6, 6.07) is 12.8. The summed E-state index contributed by atoms with van der Waals surface area (Å²) in [5, 5.41) is 11.5. The summed E-state index contributed by atoms with van der Waals surface area (Å²) < 4.78 is 15.1. The average molecular weight is 588 g/mol. The highest BCUT2D eigenvalue weighted by Gasteiger charge is 2.30. The molecular weight excluding hydrogens is 563 g/mol. The van der Waals surface area contributed by atoms with Crippen LogP contribution in [-0.4, -0.2) is 32.4 Å². The molecule has 2 aromatic carbocycles. The Labute approximate surface area is 237 Å². The van der Waals surface area contributed by atoms with Crippen LogP contribution in [0.5, 0.6) is 5.75 Å². The Morgan fingerprint density at radius 1 is 1.16 bits per heavy atom. The molecule has 1 aliphatic heterocycles. The highest BCUT2D eigenvalue weighted by molar-refractivity contribution is 7.98. The number of nitrogens with zero attached hydrogens (tertiary/aromatic N) is 4. The number of ether oxygens (including phenoxy) is 2. The molecule has 6 rings (SSSR count). The Balaban J connectivity index is 1.57. The second-order valence-corrected chi connectivity index (χ2v) is 12.3. The van der Waals surface area contributed by atoms with Crippen molar-refractivity contribution in [1.29, 1.82) is 0 Å². The molecule has 4 heterocycles. The molecule has 11 heteroatoms. The molecule has 0 saturated carbocycles. The molecule has 3 aromatic heterocycles. The monoisotopic (exact) mass is 586 g/mol. The zero-order chi connectivity index (χ0) is 26.6. The number of thiophene rings is 1. The van der Waals surface area contributed by atoms with Gasteiger partial charge in [-0.15, -0.1) is 21.5 Å². The van der Waals surface area contributed by atoms with Gasteiger partial charge in [0.05, 0.1) is 30.9 Å². The van der Waals surface area contributed by atoms with Gasteiger partial charge in [0.1, 0.15) is 10.6 Å². The minimum Gasteiger partial charge on any atom is -0.497 e. The maximum Gasteiger partial charge on any atom is 0.268 e. The number of hydrogen-bond donors (Lipinski definition) is 0. The van der Waals surface area contributed by atoms with Crippen molar-refractivity contribution < 1.29 is 9.47 Å². The van der Waals surface area contributed by atoms with Crippen LogP contribution in [0.25, 0.3) is 21.7 Å². The van der Waals surface area contributed by atoms with Gasteiger partial charge >= 0.3 is 0 Å². The Kier molecular flexibility index (Phi) is 6.90. The minimum absolute atomic E-state index is 0.0574. The van der Waals surface area contributed by atoms with Crippen LogP contribution < -0.4 is 10.3 Å². The summed E-state index contributed by atoms with van der Waals surface area (Å²) in [6.07, 6.45) is 0.748. The number of aromatic nitrogens is 4. The summed E-state index contributed by atoms with van der Waals surface area (Å²) in [4.78, 5) is 16.1. The molecule has 0 amide bonds. The summed E-state index contributed by atoms with van der Waals surface area (Å²) in [5.41, 5.74) is 2.46. The molecule has 1 aliphatic rings. The maximum absolute atomic E-state index is 14.2. The normalized spacial score (nSPS) is 15.5. The first-order chi connectivity index (χ1) is 18.4. The molecule has 0 N–H and O–H groups in total. The predicted octanol–water partition coefficient (Wildman–Crippen LogP) is 6.80. The molecule has 38 heavy (non-hydrogen) atoms. The fourth-order valence-electron chi connectivity index (χ4n) is 4.73. The quantitative estimate of drug-likeness (QED) is 0.204. The lowest BCUT2D eigenvalue weighted by atomic mass is 9.96. The molecule has 0 bridgehead atoms. The molecule has 0 saturated heterocycles. The van der Waals surface area contributed by atoms with Crippen molar-refractivity contribution >= 4 is 62.3 Å². The maximum atomic E-state index is 14.2. The molecule has 196 valence electrons. The lowest BCUT2D eigenvalue weighted by Crippen LogP contribution is -2.28. The lowest BCUT2D eigenvalue weighted by molar-refractivity contribution is 0.00200. The highest BCUT2D eigenvalue weighted by atomic mass is 35.5. The Morgan fingerprint density at radius 3 is 2.58 bits per heavy atom. The van der Waals surface area contributed by atoms with Gasteiger partial charge in [-0.1, -0.05) is 54.9 Å². The zero-order valence-electron chi connectivity index (χ0n) is 20.9. The summed E-state index contributed by atoms with van der Waals surface area (Å²) >= 11 is 15.9. The van der Waals surface area contributed by atoms with E-state index in [0.717, 1.165) is 20.8 Å². The van der Waals surface area contributed by atoms with Gasteiger partial charge in [-0.25, -0.2) is 8.97 Å². The van der Waals surface area contributed by atoms with E-state index in [1.165, 1.54) is 11.8 Å². The first kappa shape index (κ1) is 25.7. The standard InChI is InChI=1S/C27H24Cl2N4O3S2/c1-14(2)21-11-17-22(12-36-21)38-25-23(17)24(34)32(15-7-9-16(35-3)10-8-15)26-30-31-27(33(25)26)37-13-18-19(28)5-4-6-20(18)29/h4-10,14,21H,11-13H2,1-3H3/t21-/m1/s1. The zero-order valence-corrected chi connectivity index (χ0v) is 24.0. The smallest absolute Gasteiger partial charge is 0.268 e. The summed E-state index contributed by atoms with van der Waals surface area (Å²) in [7, 11) is 1.61. The first-order valence-electron chi connectivity index (χ1n) is 12.1. The Bertz CT molecular complexity index is 1710. The van der Waals surface area contributed by atoms with Crippen molar-refractivity contribution in [2.24, 2.45) is 5.92 Å². The van der Waals surface area contributed by atoms with E-state index < -0.39 is 0 Å². The lowest BCUT2D eigenvalue weighted by Gasteiger charge is -2.26. The fourth-order valence-corrected chi connectivity index (χ4v) is 7.70. The van der Waals surface area contributed by atoms with Crippen LogP contribution in [0, 0.1) is 5.92 Å².